The lowest BCUT2D eigenvalue weighted by Gasteiger charge is -2.36. The monoisotopic (exact) mass is 433 g/mol. The van der Waals surface area contributed by atoms with Crippen LogP contribution in [-0.2, 0) is 22.4 Å². The molecule has 0 radical (unpaired) electrons. The predicted molar refractivity (Wildman–Crippen MR) is 125 cm³/mol. The van der Waals surface area contributed by atoms with Crippen molar-refractivity contribution in [3.8, 4) is 0 Å². The van der Waals surface area contributed by atoms with Crippen LogP contribution in [-0.4, -0.2) is 42.1 Å². The van der Waals surface area contributed by atoms with E-state index in [9.17, 15) is 9.59 Å². The summed E-state index contributed by atoms with van der Waals surface area (Å²) in [7, 11) is 0. The molecule has 2 bridgehead atoms. The van der Waals surface area contributed by atoms with Crippen molar-refractivity contribution in [3.05, 3.63) is 53.6 Å². The SMILES string of the molecule is CCOC(=O)Nc1ccc2c(c1)N(C(=O)CN1[C@@H]3CCC[C@H]1CC3)c1ccccc1CC2. The first-order valence-electron chi connectivity index (χ1n) is 11.9. The zero-order chi connectivity index (χ0) is 22.1. The molecule has 3 heterocycles. The average Bonchev–Trinajstić information content (AvgIpc) is 2.95. The van der Waals surface area contributed by atoms with Crippen LogP contribution < -0.4 is 10.2 Å². The second kappa shape index (κ2) is 8.94. The highest BCUT2D eigenvalue weighted by Gasteiger charge is 2.39. The van der Waals surface area contributed by atoms with Crippen molar-refractivity contribution in [1.29, 1.82) is 0 Å². The van der Waals surface area contributed by atoms with Crippen molar-refractivity contribution in [2.24, 2.45) is 0 Å². The molecule has 0 unspecified atom stereocenters. The molecule has 0 aromatic heterocycles. The number of piperidine rings is 1. The maximum atomic E-state index is 13.9. The molecule has 2 fully saturated rings. The van der Waals surface area contributed by atoms with Crippen LogP contribution in [0.3, 0.4) is 0 Å². The van der Waals surface area contributed by atoms with Gasteiger partial charge in [0.15, 0.2) is 0 Å². The molecule has 2 aromatic rings. The number of aryl methyl sites for hydroxylation is 2. The van der Waals surface area contributed by atoms with Gasteiger partial charge in [-0.2, -0.15) is 0 Å². The maximum absolute atomic E-state index is 13.9. The number of fused-ring (bicyclic) bond motifs is 4. The fourth-order valence-corrected chi connectivity index (χ4v) is 5.66. The smallest absolute Gasteiger partial charge is 0.411 e. The highest BCUT2D eigenvalue weighted by molar-refractivity contribution is 6.04. The van der Waals surface area contributed by atoms with Gasteiger partial charge in [-0.25, -0.2) is 4.79 Å². The molecule has 0 saturated carbocycles. The molecule has 2 aromatic carbocycles. The zero-order valence-corrected chi connectivity index (χ0v) is 18.7. The number of benzene rings is 2. The summed E-state index contributed by atoms with van der Waals surface area (Å²) in [6.07, 6.45) is 7.34. The average molecular weight is 434 g/mol. The standard InChI is InChI=1S/C26H31N3O3/c1-2-32-26(31)27-20-13-12-19-11-10-18-6-3-4-9-23(18)29(24(19)16-20)25(30)17-28-21-7-5-8-22(28)15-14-21/h3-4,6,9,12-13,16,21-22H,2,5,7-8,10-11,14-15,17H2,1H3,(H,27,31)/t21-,22+. The highest BCUT2D eigenvalue weighted by Crippen LogP contribution is 2.39. The highest BCUT2D eigenvalue weighted by atomic mass is 16.5. The van der Waals surface area contributed by atoms with E-state index in [4.69, 9.17) is 4.74 Å². The van der Waals surface area contributed by atoms with Gasteiger partial charge in [0.25, 0.3) is 0 Å². The predicted octanol–water partition coefficient (Wildman–Crippen LogP) is 5.04. The Hall–Kier alpha value is -2.86. The third kappa shape index (κ3) is 3.99. The Labute approximate surface area is 189 Å². The van der Waals surface area contributed by atoms with E-state index in [1.807, 2.05) is 41.3 Å². The number of hydrogen-bond donors (Lipinski definition) is 1. The molecule has 6 heteroatoms. The number of hydrogen-bond acceptors (Lipinski definition) is 4. The Morgan fingerprint density at radius 3 is 2.44 bits per heavy atom. The van der Waals surface area contributed by atoms with Crippen molar-refractivity contribution in [2.45, 2.75) is 64.0 Å². The summed E-state index contributed by atoms with van der Waals surface area (Å²) in [4.78, 5) is 30.2. The molecule has 6 nitrogen and oxygen atoms in total. The molecule has 0 spiro atoms. The summed E-state index contributed by atoms with van der Waals surface area (Å²) >= 11 is 0. The van der Waals surface area contributed by atoms with Gasteiger partial charge >= 0.3 is 6.09 Å². The Kier molecular flexibility index (Phi) is 5.87. The number of carbonyl (C=O) groups excluding carboxylic acids is 2. The summed E-state index contributed by atoms with van der Waals surface area (Å²) in [6.45, 7) is 2.53. The van der Waals surface area contributed by atoms with E-state index in [0.717, 1.165) is 29.8 Å². The second-order valence-electron chi connectivity index (χ2n) is 9.04. The van der Waals surface area contributed by atoms with Crippen molar-refractivity contribution in [3.63, 3.8) is 0 Å². The summed E-state index contributed by atoms with van der Waals surface area (Å²) in [5.74, 6) is 0.104. The first-order chi connectivity index (χ1) is 15.6. The molecule has 32 heavy (non-hydrogen) atoms. The van der Waals surface area contributed by atoms with Crippen LogP contribution in [0.1, 0.15) is 50.2 Å². The zero-order valence-electron chi connectivity index (χ0n) is 18.7. The molecular weight excluding hydrogens is 402 g/mol. The lowest BCUT2D eigenvalue weighted by Crippen LogP contribution is -2.46. The van der Waals surface area contributed by atoms with Crippen molar-refractivity contribution < 1.29 is 14.3 Å². The lowest BCUT2D eigenvalue weighted by molar-refractivity contribution is -0.120. The van der Waals surface area contributed by atoms with Gasteiger partial charge in [-0.1, -0.05) is 30.7 Å². The molecule has 5 rings (SSSR count). The van der Waals surface area contributed by atoms with Crippen LogP contribution >= 0.6 is 0 Å². The van der Waals surface area contributed by atoms with Crippen LogP contribution in [0.15, 0.2) is 42.5 Å². The fraction of sp³-hybridized carbons (Fsp3) is 0.462. The van der Waals surface area contributed by atoms with Crippen molar-refractivity contribution in [2.75, 3.05) is 23.4 Å². The van der Waals surface area contributed by atoms with Gasteiger partial charge in [0, 0.05) is 17.8 Å². The van der Waals surface area contributed by atoms with Gasteiger partial charge in [-0.05, 0) is 74.8 Å². The minimum atomic E-state index is -0.482. The molecule has 1 N–H and O–H groups in total. The lowest BCUT2D eigenvalue weighted by atomic mass is 10.0. The normalized spacial score (nSPS) is 22.0. The van der Waals surface area contributed by atoms with Gasteiger partial charge in [0.2, 0.25) is 5.91 Å². The van der Waals surface area contributed by atoms with E-state index in [1.165, 1.54) is 37.7 Å². The van der Waals surface area contributed by atoms with Gasteiger partial charge < -0.3 is 4.74 Å². The minimum absolute atomic E-state index is 0.104. The topological polar surface area (TPSA) is 61.9 Å². The molecule has 168 valence electrons. The van der Waals surface area contributed by atoms with Gasteiger partial charge in [0.05, 0.1) is 24.5 Å². The quantitative estimate of drug-likeness (QED) is 0.734. The first-order valence-corrected chi connectivity index (χ1v) is 11.9. The summed E-state index contributed by atoms with van der Waals surface area (Å²) < 4.78 is 5.04. The first kappa shape index (κ1) is 21.0. The molecule has 0 aliphatic carbocycles. The van der Waals surface area contributed by atoms with Crippen LogP contribution in [0.4, 0.5) is 21.9 Å². The van der Waals surface area contributed by atoms with E-state index in [-0.39, 0.29) is 5.91 Å². The third-order valence-corrected chi connectivity index (χ3v) is 7.16. The second-order valence-corrected chi connectivity index (χ2v) is 9.04. The number of carbonyl (C=O) groups is 2. The van der Waals surface area contributed by atoms with Gasteiger partial charge in [0.1, 0.15) is 0 Å². The summed E-state index contributed by atoms with van der Waals surface area (Å²) in [6, 6.07) is 15.1. The maximum Gasteiger partial charge on any atom is 0.411 e. The number of anilines is 3. The molecule has 2 amide bonds. The largest absolute Gasteiger partial charge is 0.450 e. The Balaban J connectivity index is 1.50. The van der Waals surface area contributed by atoms with E-state index in [0.29, 0.717) is 30.9 Å². The molecular formula is C26H31N3O3. The number of rotatable bonds is 4. The number of nitrogens with zero attached hydrogens (tertiary/aromatic N) is 2. The summed E-state index contributed by atoms with van der Waals surface area (Å²) in [5, 5.41) is 2.79. The van der Waals surface area contributed by atoms with Gasteiger partial charge in [-0.15, -0.1) is 0 Å². The molecule has 2 saturated heterocycles. The van der Waals surface area contributed by atoms with E-state index in [1.54, 1.807) is 6.92 Å². The summed E-state index contributed by atoms with van der Waals surface area (Å²) in [5.41, 5.74) is 4.74. The Morgan fingerprint density at radius 1 is 0.969 bits per heavy atom. The van der Waals surface area contributed by atoms with Gasteiger partial charge in [-0.3, -0.25) is 19.9 Å². The number of nitrogens with one attached hydrogen (secondary N) is 1. The fourth-order valence-electron chi connectivity index (χ4n) is 5.66. The Bertz CT molecular complexity index is 1010. The van der Waals surface area contributed by atoms with Crippen LogP contribution in [0, 0.1) is 0 Å². The number of para-hydroxylation sites is 1. The van der Waals surface area contributed by atoms with Crippen LogP contribution in [0.25, 0.3) is 0 Å². The number of ether oxygens (including phenoxy) is 1. The minimum Gasteiger partial charge on any atom is -0.450 e. The Morgan fingerprint density at radius 2 is 1.69 bits per heavy atom. The van der Waals surface area contributed by atoms with Crippen LogP contribution in [0.5, 0.6) is 0 Å². The molecule has 3 aliphatic heterocycles. The third-order valence-electron chi connectivity index (χ3n) is 7.16. The van der Waals surface area contributed by atoms with E-state index in [2.05, 4.69) is 16.3 Å². The van der Waals surface area contributed by atoms with E-state index < -0.39 is 6.09 Å². The van der Waals surface area contributed by atoms with Crippen LogP contribution in [0.2, 0.25) is 0 Å². The van der Waals surface area contributed by atoms with E-state index >= 15 is 0 Å². The van der Waals surface area contributed by atoms with Crippen molar-refractivity contribution in [1.82, 2.24) is 4.90 Å². The molecule has 3 aliphatic rings. The van der Waals surface area contributed by atoms with Crippen molar-refractivity contribution >= 4 is 29.1 Å². The molecule has 2 atom stereocenters. The number of amides is 2.